The molecule has 0 saturated carbocycles. The van der Waals surface area contributed by atoms with Crippen molar-refractivity contribution in [2.24, 2.45) is 17.6 Å². The van der Waals surface area contributed by atoms with Gasteiger partial charge in [0.2, 0.25) is 11.5 Å². The molecule has 3 aliphatic rings. The molecular formula is C25H24N4O9. The Balaban J connectivity index is 1.62. The van der Waals surface area contributed by atoms with Gasteiger partial charge in [0.15, 0.2) is 17.1 Å². The molecule has 1 aromatic heterocycles. The fraction of sp³-hybridized carbons (Fsp3) is 0.320. The van der Waals surface area contributed by atoms with Crippen LogP contribution in [0.1, 0.15) is 32.9 Å². The maximum absolute atomic E-state index is 13.7. The van der Waals surface area contributed by atoms with Crippen molar-refractivity contribution in [1.29, 1.82) is 0 Å². The van der Waals surface area contributed by atoms with Crippen molar-refractivity contribution in [1.82, 2.24) is 10.1 Å². The number of benzene rings is 1. The Morgan fingerprint density at radius 2 is 1.89 bits per heavy atom. The quantitative estimate of drug-likeness (QED) is 0.237. The summed E-state index contributed by atoms with van der Waals surface area (Å²) < 4.78 is 4.79. The molecule has 0 aliphatic heterocycles. The van der Waals surface area contributed by atoms with E-state index in [2.05, 4.69) is 10.5 Å². The lowest BCUT2D eigenvalue weighted by Crippen LogP contribution is -2.63. The Morgan fingerprint density at radius 3 is 2.50 bits per heavy atom. The van der Waals surface area contributed by atoms with Crippen LogP contribution >= 0.6 is 0 Å². The molecule has 3 aliphatic carbocycles. The Morgan fingerprint density at radius 1 is 1.18 bits per heavy atom. The molecule has 13 heteroatoms. The number of nitrogens with zero attached hydrogens (tertiary/aromatic N) is 2. The van der Waals surface area contributed by atoms with Gasteiger partial charge in [0.1, 0.15) is 17.1 Å². The lowest BCUT2D eigenvalue weighted by Gasteiger charge is -2.50. The van der Waals surface area contributed by atoms with Crippen molar-refractivity contribution in [3.63, 3.8) is 0 Å². The number of carbonyl (C=O) groups excluding carboxylic acids is 4. The number of anilines is 1. The van der Waals surface area contributed by atoms with Gasteiger partial charge in [0.25, 0.3) is 11.8 Å². The molecule has 198 valence electrons. The molecule has 1 heterocycles. The van der Waals surface area contributed by atoms with Gasteiger partial charge in [0.05, 0.1) is 23.5 Å². The van der Waals surface area contributed by atoms with Gasteiger partial charge in [-0.3, -0.25) is 24.1 Å². The fourth-order valence-electron chi connectivity index (χ4n) is 5.84. The highest BCUT2D eigenvalue weighted by Crippen LogP contribution is 2.52. The van der Waals surface area contributed by atoms with Crippen LogP contribution in [-0.2, 0) is 16.0 Å². The number of primary amides is 1. The van der Waals surface area contributed by atoms with Gasteiger partial charge in [-0.15, -0.1) is 0 Å². The molecule has 0 bridgehead atoms. The first-order chi connectivity index (χ1) is 17.9. The van der Waals surface area contributed by atoms with Crippen LogP contribution < -0.4 is 11.1 Å². The molecule has 2 amide bonds. The maximum Gasteiger partial charge on any atom is 0.294 e. The summed E-state index contributed by atoms with van der Waals surface area (Å²) in [5, 5.41) is 50.4. The number of aliphatic hydroxyl groups is 3. The molecule has 38 heavy (non-hydrogen) atoms. The largest absolute Gasteiger partial charge is 0.510 e. The summed E-state index contributed by atoms with van der Waals surface area (Å²) in [6.45, 7) is 0. The van der Waals surface area contributed by atoms with Gasteiger partial charge in [-0.2, -0.15) is 0 Å². The number of phenolic OH excluding ortho intramolecular Hbond substituents is 1. The maximum atomic E-state index is 13.7. The minimum Gasteiger partial charge on any atom is -0.510 e. The molecule has 2 aromatic rings. The van der Waals surface area contributed by atoms with Crippen LogP contribution in [0.25, 0.3) is 0 Å². The summed E-state index contributed by atoms with van der Waals surface area (Å²) in [4.78, 5) is 52.8. The second-order valence-corrected chi connectivity index (χ2v) is 9.79. The molecule has 0 fully saturated rings. The molecule has 0 unspecified atom stereocenters. The molecule has 0 radical (unpaired) electrons. The van der Waals surface area contributed by atoms with E-state index in [0.717, 1.165) is 0 Å². The van der Waals surface area contributed by atoms with Gasteiger partial charge in [-0.1, -0.05) is 11.2 Å². The summed E-state index contributed by atoms with van der Waals surface area (Å²) in [6, 6.07) is 3.18. The summed E-state index contributed by atoms with van der Waals surface area (Å²) >= 11 is 0. The van der Waals surface area contributed by atoms with E-state index in [-0.39, 0.29) is 35.4 Å². The van der Waals surface area contributed by atoms with Crippen LogP contribution in [0.4, 0.5) is 5.69 Å². The van der Waals surface area contributed by atoms with Crippen LogP contribution in [0.15, 0.2) is 51.6 Å². The monoisotopic (exact) mass is 524 g/mol. The van der Waals surface area contributed by atoms with Gasteiger partial charge >= 0.3 is 0 Å². The zero-order chi connectivity index (χ0) is 27.7. The molecule has 4 atom stereocenters. The van der Waals surface area contributed by atoms with Gasteiger partial charge in [0, 0.05) is 17.6 Å². The van der Waals surface area contributed by atoms with Gasteiger partial charge in [-0.05, 0) is 44.5 Å². The van der Waals surface area contributed by atoms with Crippen LogP contribution in [0, 0.1) is 11.8 Å². The smallest absolute Gasteiger partial charge is 0.294 e. The number of fused-ring (bicyclic) bond motifs is 3. The number of aromatic nitrogens is 1. The van der Waals surface area contributed by atoms with E-state index in [1.807, 2.05) is 0 Å². The highest BCUT2D eigenvalue weighted by Gasteiger charge is 2.63. The topological polar surface area (TPSA) is 217 Å². The zero-order valence-electron chi connectivity index (χ0n) is 20.3. The lowest BCUT2D eigenvalue weighted by molar-refractivity contribution is -0.148. The minimum atomic E-state index is -2.72. The van der Waals surface area contributed by atoms with Crippen LogP contribution in [0.5, 0.6) is 5.75 Å². The number of carbonyl (C=O) groups is 4. The number of aliphatic hydroxyl groups excluding tert-OH is 2. The van der Waals surface area contributed by atoms with Crippen molar-refractivity contribution < 1.29 is 44.1 Å². The average Bonchev–Trinajstić information content (AvgIpc) is 3.38. The Labute approximate surface area is 214 Å². The molecule has 13 nitrogen and oxygen atoms in total. The van der Waals surface area contributed by atoms with Crippen molar-refractivity contribution in [2.75, 3.05) is 19.4 Å². The third kappa shape index (κ3) is 3.35. The minimum absolute atomic E-state index is 0.0174. The normalized spacial score (nSPS) is 26.7. The summed E-state index contributed by atoms with van der Waals surface area (Å²) in [6.07, 6.45) is 1.38. The van der Waals surface area contributed by atoms with E-state index in [9.17, 15) is 39.6 Å². The Kier molecular flexibility index (Phi) is 5.65. The van der Waals surface area contributed by atoms with Crippen LogP contribution in [0.2, 0.25) is 0 Å². The summed E-state index contributed by atoms with van der Waals surface area (Å²) in [5.74, 6) is -8.31. The van der Waals surface area contributed by atoms with E-state index in [1.54, 1.807) is 14.1 Å². The molecule has 5 rings (SSSR count). The van der Waals surface area contributed by atoms with E-state index in [4.69, 9.17) is 10.3 Å². The highest BCUT2D eigenvalue weighted by atomic mass is 16.5. The number of ketones is 2. The number of Topliss-reactive ketones (excluding diaryl/α,β-unsaturated/α-hetero) is 2. The first kappa shape index (κ1) is 25.2. The molecular weight excluding hydrogens is 500 g/mol. The average molecular weight is 524 g/mol. The van der Waals surface area contributed by atoms with Crippen molar-refractivity contribution in [2.45, 2.75) is 24.5 Å². The van der Waals surface area contributed by atoms with Gasteiger partial charge < -0.3 is 36.0 Å². The highest BCUT2D eigenvalue weighted by molar-refractivity contribution is 6.25. The number of aromatic hydroxyl groups is 1. The third-order valence-electron chi connectivity index (χ3n) is 7.50. The number of hydrogen-bond acceptors (Lipinski definition) is 11. The number of rotatable bonds is 4. The molecule has 0 spiro atoms. The summed E-state index contributed by atoms with van der Waals surface area (Å²) in [7, 11) is 3.11. The first-order valence-electron chi connectivity index (χ1n) is 11.6. The predicted molar refractivity (Wildman–Crippen MR) is 128 cm³/mol. The van der Waals surface area contributed by atoms with Crippen LogP contribution in [-0.4, -0.2) is 79.6 Å². The van der Waals surface area contributed by atoms with Crippen molar-refractivity contribution in [3.05, 3.63) is 63.9 Å². The fourth-order valence-corrected chi connectivity index (χ4v) is 5.84. The number of nitrogens with one attached hydrogen (secondary N) is 1. The van der Waals surface area contributed by atoms with E-state index >= 15 is 0 Å². The number of amides is 2. The molecule has 7 N–H and O–H groups in total. The third-order valence-corrected chi connectivity index (χ3v) is 7.50. The lowest BCUT2D eigenvalue weighted by atomic mass is 9.58. The van der Waals surface area contributed by atoms with E-state index < -0.39 is 69.7 Å². The first-order valence-corrected chi connectivity index (χ1v) is 11.6. The summed E-state index contributed by atoms with van der Waals surface area (Å²) in [5.41, 5.74) is 1.51. The second kappa shape index (κ2) is 8.53. The molecule has 1 aromatic carbocycles. The number of phenols is 1. The van der Waals surface area contributed by atoms with E-state index in [1.165, 1.54) is 29.3 Å². The van der Waals surface area contributed by atoms with Crippen molar-refractivity contribution >= 4 is 29.1 Å². The second-order valence-electron chi connectivity index (χ2n) is 9.79. The van der Waals surface area contributed by atoms with E-state index in [0.29, 0.717) is 5.56 Å². The standard InChI is InChI=1S/C25H24N4O9/c1-29(2)17-11-8-10-7-9-3-4-12(28-24(36)13-5-6-27-38-13)18(30)14(9)19(31)15(10)21(33)25(11,37)22(34)16(20(17)32)23(26)35/h3-6,10-11,17,30,32-33,37H,7-8H2,1-2H3,(H2,26,35)(H,28,36)/t10-,11-,17-,25-/m0/s1. The zero-order valence-corrected chi connectivity index (χ0v) is 20.3. The Hall–Kier alpha value is -4.49. The van der Waals surface area contributed by atoms with Gasteiger partial charge in [-0.25, -0.2) is 0 Å². The number of likely N-dealkylation sites (N-methyl/N-ethyl adjacent to an activating group) is 1. The number of hydrogen-bond donors (Lipinski definition) is 6. The number of nitrogens with two attached hydrogens (primary N) is 1. The SMILES string of the molecule is CN(C)[C@@H]1C(O)=C(C(N)=O)C(=O)[C@@]2(O)C(O)=C3C(=O)c4c(ccc(NC(=O)c5ccno5)c4O)C[C@H]3C[C@@H]12. The van der Waals surface area contributed by atoms with Crippen molar-refractivity contribution in [3.8, 4) is 5.75 Å². The predicted octanol–water partition coefficient (Wildman–Crippen LogP) is 0.361. The van der Waals surface area contributed by atoms with Crippen LogP contribution in [0.3, 0.4) is 0 Å². The Bertz CT molecular complexity index is 1470. The molecule has 0 saturated heterocycles. The number of allylic oxidation sites excluding steroid dienone is 1.